The van der Waals surface area contributed by atoms with Crippen molar-refractivity contribution < 1.29 is 9.72 Å². The number of aryl methyl sites for hydroxylation is 3. The minimum absolute atomic E-state index is 0.0147. The number of hydrogen-bond acceptors (Lipinski definition) is 6. The van der Waals surface area contributed by atoms with E-state index in [-0.39, 0.29) is 11.3 Å². The van der Waals surface area contributed by atoms with Gasteiger partial charge in [0.15, 0.2) is 0 Å². The number of nitro benzene ring substituents is 1. The molecular weight excluding hydrogens is 364 g/mol. The van der Waals surface area contributed by atoms with Gasteiger partial charge in [-0.3, -0.25) is 20.2 Å². The minimum atomic E-state index is -0.558. The summed E-state index contributed by atoms with van der Waals surface area (Å²) < 4.78 is 0. The molecule has 0 aliphatic heterocycles. The third kappa shape index (κ3) is 4.73. The first-order chi connectivity index (χ1) is 13.0. The van der Waals surface area contributed by atoms with Gasteiger partial charge in [-0.2, -0.15) is 0 Å². The average Bonchev–Trinajstić information content (AvgIpc) is 3.09. The van der Waals surface area contributed by atoms with E-state index in [9.17, 15) is 14.9 Å². The molecule has 0 fully saturated rings. The monoisotopic (exact) mass is 382 g/mol. The number of hydrogen-bond donors (Lipinski definition) is 1. The molecule has 8 heteroatoms. The molecule has 0 spiro atoms. The van der Waals surface area contributed by atoms with Crippen molar-refractivity contribution in [2.75, 3.05) is 5.32 Å². The molecule has 0 saturated carbocycles. The molecule has 1 amide bonds. The van der Waals surface area contributed by atoms with E-state index in [2.05, 4.69) is 27.6 Å². The highest BCUT2D eigenvalue weighted by Gasteiger charge is 2.23. The highest BCUT2D eigenvalue weighted by Crippen LogP contribution is 2.25. The van der Waals surface area contributed by atoms with E-state index in [1.54, 1.807) is 19.1 Å². The molecule has 0 unspecified atom stereocenters. The van der Waals surface area contributed by atoms with E-state index < -0.39 is 10.8 Å². The SMILES string of the molecule is Cc1cccc(C(=O)Nc2nnc(CCCc3ccccc3)s2)c1[N+](=O)[O-]. The predicted molar refractivity (Wildman–Crippen MR) is 104 cm³/mol. The van der Waals surface area contributed by atoms with Crippen molar-refractivity contribution in [2.24, 2.45) is 0 Å². The van der Waals surface area contributed by atoms with Crippen molar-refractivity contribution in [3.8, 4) is 0 Å². The highest BCUT2D eigenvalue weighted by molar-refractivity contribution is 7.15. The largest absolute Gasteiger partial charge is 0.296 e. The first-order valence-corrected chi connectivity index (χ1v) is 9.28. The number of carbonyl (C=O) groups is 1. The fourth-order valence-corrected chi connectivity index (χ4v) is 3.52. The summed E-state index contributed by atoms with van der Waals surface area (Å²) in [6.07, 6.45) is 2.63. The Morgan fingerprint density at radius 1 is 1.11 bits per heavy atom. The van der Waals surface area contributed by atoms with Gasteiger partial charge in [-0.05, 0) is 31.4 Å². The van der Waals surface area contributed by atoms with Gasteiger partial charge < -0.3 is 0 Å². The molecular formula is C19H18N4O3S. The number of nitrogens with zero attached hydrogens (tertiary/aromatic N) is 3. The molecule has 27 heavy (non-hydrogen) atoms. The Balaban J connectivity index is 1.62. The van der Waals surface area contributed by atoms with Crippen LogP contribution in [0, 0.1) is 17.0 Å². The number of benzene rings is 2. The van der Waals surface area contributed by atoms with Crippen molar-refractivity contribution in [3.63, 3.8) is 0 Å². The normalized spacial score (nSPS) is 10.6. The lowest BCUT2D eigenvalue weighted by atomic mass is 10.1. The summed E-state index contributed by atoms with van der Waals surface area (Å²) in [5.41, 5.74) is 1.53. The van der Waals surface area contributed by atoms with Crippen LogP contribution in [-0.4, -0.2) is 21.0 Å². The van der Waals surface area contributed by atoms with Crippen molar-refractivity contribution in [1.82, 2.24) is 10.2 Å². The number of amides is 1. The van der Waals surface area contributed by atoms with Crippen molar-refractivity contribution >= 4 is 28.1 Å². The number of nitro groups is 1. The lowest BCUT2D eigenvalue weighted by Crippen LogP contribution is -2.14. The van der Waals surface area contributed by atoms with Crippen LogP contribution in [0.2, 0.25) is 0 Å². The maximum Gasteiger partial charge on any atom is 0.285 e. The minimum Gasteiger partial charge on any atom is -0.296 e. The first kappa shape index (κ1) is 18.7. The Morgan fingerprint density at radius 3 is 2.63 bits per heavy atom. The Labute approximate surface area is 160 Å². The maximum absolute atomic E-state index is 12.4. The standard InChI is InChI=1S/C19H18N4O3S/c1-13-7-5-11-15(17(13)23(25)26)18(24)20-19-22-21-16(27-19)12-6-10-14-8-3-2-4-9-14/h2-5,7-9,11H,6,10,12H2,1H3,(H,20,22,24). The van der Waals surface area contributed by atoms with Crippen LogP contribution in [0.25, 0.3) is 0 Å². The van der Waals surface area contributed by atoms with Crippen LogP contribution < -0.4 is 5.32 Å². The van der Waals surface area contributed by atoms with Crippen LogP contribution in [-0.2, 0) is 12.8 Å². The van der Waals surface area contributed by atoms with Crippen LogP contribution >= 0.6 is 11.3 Å². The Kier molecular flexibility index (Phi) is 5.87. The second-order valence-electron chi connectivity index (χ2n) is 6.02. The molecule has 0 radical (unpaired) electrons. The third-order valence-electron chi connectivity index (χ3n) is 4.05. The van der Waals surface area contributed by atoms with E-state index in [1.165, 1.54) is 23.0 Å². The second kappa shape index (κ2) is 8.50. The van der Waals surface area contributed by atoms with E-state index in [1.807, 2.05) is 18.2 Å². The molecule has 0 aliphatic carbocycles. The summed E-state index contributed by atoms with van der Waals surface area (Å²) in [7, 11) is 0. The van der Waals surface area contributed by atoms with E-state index >= 15 is 0 Å². The topological polar surface area (TPSA) is 98.0 Å². The van der Waals surface area contributed by atoms with E-state index in [0.717, 1.165) is 24.3 Å². The van der Waals surface area contributed by atoms with Crippen LogP contribution in [0.15, 0.2) is 48.5 Å². The van der Waals surface area contributed by atoms with Crippen molar-refractivity contribution in [3.05, 3.63) is 80.3 Å². The van der Waals surface area contributed by atoms with E-state index in [0.29, 0.717) is 10.7 Å². The molecule has 7 nitrogen and oxygen atoms in total. The zero-order valence-corrected chi connectivity index (χ0v) is 15.5. The number of para-hydroxylation sites is 1. The molecule has 1 N–H and O–H groups in total. The van der Waals surface area contributed by atoms with Crippen LogP contribution in [0.3, 0.4) is 0 Å². The molecule has 0 bridgehead atoms. The van der Waals surface area contributed by atoms with Gasteiger partial charge >= 0.3 is 0 Å². The fourth-order valence-electron chi connectivity index (χ4n) is 2.74. The van der Waals surface area contributed by atoms with E-state index in [4.69, 9.17) is 0 Å². The zero-order chi connectivity index (χ0) is 19.2. The Bertz CT molecular complexity index is 957. The fraction of sp³-hybridized carbons (Fsp3) is 0.211. The van der Waals surface area contributed by atoms with Gasteiger partial charge in [-0.15, -0.1) is 10.2 Å². The molecule has 2 aromatic carbocycles. The molecule has 3 aromatic rings. The zero-order valence-electron chi connectivity index (χ0n) is 14.7. The second-order valence-corrected chi connectivity index (χ2v) is 7.08. The van der Waals surface area contributed by atoms with Crippen molar-refractivity contribution in [2.45, 2.75) is 26.2 Å². The molecule has 138 valence electrons. The summed E-state index contributed by atoms with van der Waals surface area (Å²) >= 11 is 1.29. The molecule has 0 atom stereocenters. The quantitative estimate of drug-likeness (QED) is 0.488. The van der Waals surface area contributed by atoms with Gasteiger partial charge in [-0.1, -0.05) is 53.8 Å². The molecule has 0 aliphatic rings. The first-order valence-electron chi connectivity index (χ1n) is 8.46. The maximum atomic E-state index is 12.4. The van der Waals surface area contributed by atoms with Gasteiger partial charge in [0.2, 0.25) is 5.13 Å². The smallest absolute Gasteiger partial charge is 0.285 e. The lowest BCUT2D eigenvalue weighted by molar-refractivity contribution is -0.385. The van der Waals surface area contributed by atoms with Crippen LogP contribution in [0.4, 0.5) is 10.8 Å². The summed E-state index contributed by atoms with van der Waals surface area (Å²) in [5.74, 6) is -0.558. The molecule has 0 saturated heterocycles. The Morgan fingerprint density at radius 2 is 1.89 bits per heavy atom. The summed E-state index contributed by atoms with van der Waals surface area (Å²) in [4.78, 5) is 23.1. The number of carbonyl (C=O) groups excluding carboxylic acids is 1. The number of anilines is 1. The molecule has 1 heterocycles. The van der Waals surface area contributed by atoms with Crippen molar-refractivity contribution in [1.29, 1.82) is 0 Å². The summed E-state index contributed by atoms with van der Waals surface area (Å²) in [6.45, 7) is 1.60. The Hall–Kier alpha value is -3.13. The van der Waals surface area contributed by atoms with Gasteiger partial charge in [0.25, 0.3) is 11.6 Å². The predicted octanol–water partition coefficient (Wildman–Crippen LogP) is 4.18. The summed E-state index contributed by atoms with van der Waals surface area (Å²) in [5, 5.41) is 23.1. The van der Waals surface area contributed by atoms with Gasteiger partial charge in [0.05, 0.1) is 4.92 Å². The highest BCUT2D eigenvalue weighted by atomic mass is 32.1. The molecule has 1 aromatic heterocycles. The lowest BCUT2D eigenvalue weighted by Gasteiger charge is -2.04. The number of nitrogens with one attached hydrogen (secondary N) is 1. The van der Waals surface area contributed by atoms with Gasteiger partial charge in [0, 0.05) is 12.0 Å². The van der Waals surface area contributed by atoms with Gasteiger partial charge in [0.1, 0.15) is 10.6 Å². The van der Waals surface area contributed by atoms with Crippen LogP contribution in [0.1, 0.15) is 32.9 Å². The number of rotatable bonds is 7. The third-order valence-corrected chi connectivity index (χ3v) is 4.95. The van der Waals surface area contributed by atoms with Crippen LogP contribution in [0.5, 0.6) is 0 Å². The molecule has 3 rings (SSSR count). The van der Waals surface area contributed by atoms with Gasteiger partial charge in [-0.25, -0.2) is 0 Å². The number of aromatic nitrogens is 2. The average molecular weight is 382 g/mol. The summed E-state index contributed by atoms with van der Waals surface area (Å²) in [6, 6.07) is 14.8.